The van der Waals surface area contributed by atoms with E-state index >= 15 is 0 Å². The van der Waals surface area contributed by atoms with Crippen molar-refractivity contribution >= 4 is 30.6 Å². The van der Waals surface area contributed by atoms with Gasteiger partial charge in [0.25, 0.3) is 0 Å². The van der Waals surface area contributed by atoms with Gasteiger partial charge < -0.3 is 10.6 Å². The van der Waals surface area contributed by atoms with Crippen LogP contribution in [0.5, 0.6) is 0 Å². The van der Waals surface area contributed by atoms with Crippen molar-refractivity contribution in [1.82, 2.24) is 19.6 Å². The maximum Gasteiger partial charge on any atom is 0.152 e. The molecule has 3 aromatic heterocycles. The van der Waals surface area contributed by atoms with Gasteiger partial charge in [-0.3, -0.25) is 4.98 Å². The molecule has 0 spiro atoms. The smallest absolute Gasteiger partial charge is 0.152 e. The van der Waals surface area contributed by atoms with E-state index in [9.17, 15) is 0 Å². The summed E-state index contributed by atoms with van der Waals surface area (Å²) in [4.78, 5) is 8.87. The third-order valence-electron chi connectivity index (χ3n) is 5.16. The Kier molecular flexibility index (Phi) is 6.27. The molecular weight excluding hydrogens is 371 g/mol. The Morgan fingerprint density at radius 3 is 2.67 bits per heavy atom. The normalized spacial score (nSPS) is 12.0. The molecule has 0 saturated heterocycles. The minimum absolute atomic E-state index is 0.315. The second-order valence-electron chi connectivity index (χ2n) is 7.35. The van der Waals surface area contributed by atoms with Crippen LogP contribution in [-0.4, -0.2) is 33.5 Å². The van der Waals surface area contributed by atoms with Gasteiger partial charge >= 0.3 is 0 Å². The van der Waals surface area contributed by atoms with Crippen LogP contribution >= 0.6 is 0 Å². The van der Waals surface area contributed by atoms with Crippen molar-refractivity contribution in [1.29, 1.82) is 0 Å². The summed E-state index contributed by atoms with van der Waals surface area (Å²) in [6.45, 7) is 2.83. The predicted octanol–water partition coefficient (Wildman–Crippen LogP) is 3.35. The molecule has 0 amide bonds. The molecular formula is C23H25BN6. The Hall–Kier alpha value is -3.35. The molecule has 0 aliphatic rings. The average Bonchev–Trinajstić information content (AvgIpc) is 3.17. The number of aromatic nitrogens is 4. The third-order valence-corrected chi connectivity index (χ3v) is 5.16. The molecule has 30 heavy (non-hydrogen) atoms. The minimum atomic E-state index is 0.315. The molecule has 1 unspecified atom stereocenters. The quantitative estimate of drug-likeness (QED) is 0.425. The van der Waals surface area contributed by atoms with Gasteiger partial charge in [-0.2, -0.15) is 9.61 Å². The topological polar surface area (TPSA) is 67.1 Å². The van der Waals surface area contributed by atoms with Crippen LogP contribution in [0, 0.1) is 0 Å². The van der Waals surface area contributed by atoms with Gasteiger partial charge in [-0.1, -0.05) is 43.3 Å². The molecule has 7 heteroatoms. The Morgan fingerprint density at radius 2 is 1.90 bits per heavy atom. The highest BCUT2D eigenvalue weighted by Crippen LogP contribution is 2.19. The van der Waals surface area contributed by atoms with Crippen LogP contribution in [0.25, 0.3) is 5.65 Å². The van der Waals surface area contributed by atoms with Crippen LogP contribution in [0.1, 0.15) is 30.9 Å². The maximum absolute atomic E-state index is 6.11. The van der Waals surface area contributed by atoms with E-state index in [0.717, 1.165) is 36.5 Å². The van der Waals surface area contributed by atoms with Crippen LogP contribution in [-0.2, 0) is 13.0 Å². The van der Waals surface area contributed by atoms with E-state index in [2.05, 4.69) is 51.9 Å². The van der Waals surface area contributed by atoms with Crippen molar-refractivity contribution in [2.75, 3.05) is 10.6 Å². The van der Waals surface area contributed by atoms with Crippen LogP contribution in [0.3, 0.4) is 0 Å². The van der Waals surface area contributed by atoms with Crippen molar-refractivity contribution < 1.29 is 0 Å². The van der Waals surface area contributed by atoms with Crippen LogP contribution in [0.4, 0.5) is 11.6 Å². The molecule has 1 aromatic carbocycles. The second kappa shape index (κ2) is 9.44. The predicted molar refractivity (Wildman–Crippen MR) is 122 cm³/mol. The zero-order valence-corrected chi connectivity index (χ0v) is 17.1. The monoisotopic (exact) mass is 396 g/mol. The van der Waals surface area contributed by atoms with E-state index in [1.807, 2.05) is 30.5 Å². The van der Waals surface area contributed by atoms with Gasteiger partial charge in [0.15, 0.2) is 5.65 Å². The van der Waals surface area contributed by atoms with Crippen LogP contribution in [0.15, 0.2) is 67.1 Å². The summed E-state index contributed by atoms with van der Waals surface area (Å²) in [6.07, 6.45) is 8.31. The first-order chi connectivity index (χ1) is 14.7. The van der Waals surface area contributed by atoms with Crippen molar-refractivity contribution in [3.8, 4) is 0 Å². The standard InChI is InChI=1S/C23H25BN6/c1-2-19(11-10-17-7-4-3-5-8-17)28-21-13-22(26-15-18-9-6-12-25-14-18)30-23(29-21)20(24)16-27-30/h3-9,12-14,16,19,26H,2,10-11,15H2,1H3,(H,28,29). The molecule has 2 N–H and O–H groups in total. The molecule has 0 bridgehead atoms. The van der Waals surface area contributed by atoms with E-state index in [-0.39, 0.29) is 0 Å². The van der Waals surface area contributed by atoms with E-state index < -0.39 is 0 Å². The Balaban J connectivity index is 1.51. The highest BCUT2D eigenvalue weighted by Gasteiger charge is 2.12. The van der Waals surface area contributed by atoms with E-state index in [1.165, 1.54) is 5.56 Å². The minimum Gasteiger partial charge on any atom is -0.367 e. The van der Waals surface area contributed by atoms with Gasteiger partial charge in [-0.25, -0.2) is 4.98 Å². The van der Waals surface area contributed by atoms with E-state index in [1.54, 1.807) is 16.9 Å². The molecule has 150 valence electrons. The lowest BCUT2D eigenvalue weighted by atomic mass is 10.0. The number of nitrogens with zero attached hydrogens (tertiary/aromatic N) is 4. The fraction of sp³-hybridized carbons (Fsp3) is 0.261. The number of benzene rings is 1. The molecule has 1 atom stereocenters. The van der Waals surface area contributed by atoms with Crippen LogP contribution < -0.4 is 16.1 Å². The molecule has 6 nitrogen and oxygen atoms in total. The number of nitrogens with one attached hydrogen (secondary N) is 2. The van der Waals surface area contributed by atoms with Crippen molar-refractivity contribution in [2.24, 2.45) is 0 Å². The summed E-state index contributed by atoms with van der Waals surface area (Å²) in [7, 11) is 6.11. The first-order valence-corrected chi connectivity index (χ1v) is 10.3. The Bertz CT molecular complexity index is 1080. The molecule has 2 radical (unpaired) electrons. The van der Waals surface area contributed by atoms with Crippen molar-refractivity contribution in [2.45, 2.75) is 38.8 Å². The van der Waals surface area contributed by atoms with Gasteiger partial charge in [-0.05, 0) is 41.9 Å². The largest absolute Gasteiger partial charge is 0.367 e. The van der Waals surface area contributed by atoms with E-state index in [4.69, 9.17) is 12.8 Å². The van der Waals surface area contributed by atoms with Crippen LogP contribution in [0.2, 0.25) is 0 Å². The zero-order chi connectivity index (χ0) is 20.8. The van der Waals surface area contributed by atoms with Crippen molar-refractivity contribution in [3.63, 3.8) is 0 Å². The first kappa shape index (κ1) is 19.9. The molecule has 3 heterocycles. The summed E-state index contributed by atoms with van der Waals surface area (Å²) in [5.74, 6) is 1.63. The van der Waals surface area contributed by atoms with E-state index in [0.29, 0.717) is 23.7 Å². The molecule has 0 fully saturated rings. The highest BCUT2D eigenvalue weighted by atomic mass is 15.3. The summed E-state index contributed by atoms with van der Waals surface area (Å²) < 4.78 is 1.74. The number of aryl methyl sites for hydroxylation is 1. The fourth-order valence-electron chi connectivity index (χ4n) is 3.45. The molecule has 0 saturated carbocycles. The van der Waals surface area contributed by atoms with Gasteiger partial charge in [0.05, 0.1) is 0 Å². The number of fused-ring (bicyclic) bond motifs is 1. The summed E-state index contributed by atoms with van der Waals surface area (Å²) in [5.41, 5.74) is 3.64. The fourth-order valence-corrected chi connectivity index (χ4v) is 3.45. The summed E-state index contributed by atoms with van der Waals surface area (Å²) >= 11 is 0. The Morgan fingerprint density at radius 1 is 1.07 bits per heavy atom. The first-order valence-electron chi connectivity index (χ1n) is 10.3. The molecule has 0 aliphatic heterocycles. The average molecular weight is 396 g/mol. The molecule has 4 aromatic rings. The van der Waals surface area contributed by atoms with Crippen molar-refractivity contribution in [3.05, 3.63) is 78.2 Å². The summed E-state index contributed by atoms with van der Waals surface area (Å²) in [5, 5.41) is 11.4. The zero-order valence-electron chi connectivity index (χ0n) is 17.1. The highest BCUT2D eigenvalue weighted by molar-refractivity contribution is 6.36. The molecule has 0 aliphatic carbocycles. The lowest BCUT2D eigenvalue weighted by Crippen LogP contribution is -2.21. The number of rotatable bonds is 9. The lowest BCUT2D eigenvalue weighted by Gasteiger charge is -2.19. The summed E-state index contributed by atoms with van der Waals surface area (Å²) in [6, 6.07) is 16.8. The van der Waals surface area contributed by atoms with Gasteiger partial charge in [0.1, 0.15) is 19.5 Å². The number of anilines is 2. The number of hydrogen-bond donors (Lipinski definition) is 2. The second-order valence-corrected chi connectivity index (χ2v) is 7.35. The SMILES string of the molecule is [B]c1cnn2c(NCc3cccnc3)cc(NC(CC)CCc3ccccc3)nc12. The van der Waals surface area contributed by atoms with Gasteiger partial charge in [0, 0.05) is 37.2 Å². The lowest BCUT2D eigenvalue weighted by molar-refractivity contribution is 0.631. The third kappa shape index (κ3) is 4.79. The van der Waals surface area contributed by atoms with Gasteiger partial charge in [0.2, 0.25) is 0 Å². The molecule has 4 rings (SSSR count). The maximum atomic E-state index is 6.11. The van der Waals surface area contributed by atoms with Gasteiger partial charge in [-0.15, -0.1) is 0 Å². The number of pyridine rings is 1. The Labute approximate surface area is 178 Å². The number of hydrogen-bond acceptors (Lipinski definition) is 5.